The number of rotatable bonds is 6. The summed E-state index contributed by atoms with van der Waals surface area (Å²) in [6, 6.07) is 5.19. The number of carbonyl (C=O) groups is 2. The van der Waals surface area contributed by atoms with E-state index in [9.17, 15) is 9.59 Å². The van der Waals surface area contributed by atoms with E-state index in [4.69, 9.17) is 16.3 Å². The summed E-state index contributed by atoms with van der Waals surface area (Å²) in [4.78, 5) is 28.5. The van der Waals surface area contributed by atoms with Crippen molar-refractivity contribution >= 4 is 29.1 Å². The highest BCUT2D eigenvalue weighted by Gasteiger charge is 2.36. The number of ether oxygens (including phenoxy) is 1. The number of benzene rings is 1. The van der Waals surface area contributed by atoms with Crippen molar-refractivity contribution < 1.29 is 14.3 Å². The molecule has 0 saturated carbocycles. The number of likely N-dealkylation sites (N-methyl/N-ethyl adjacent to an activating group) is 1. The molecular weight excluding hydrogens is 368 g/mol. The summed E-state index contributed by atoms with van der Waals surface area (Å²) in [5.41, 5.74) is 1.76. The van der Waals surface area contributed by atoms with Crippen molar-refractivity contribution in [2.24, 2.45) is 13.0 Å². The summed E-state index contributed by atoms with van der Waals surface area (Å²) in [5.74, 6) is 0.108. The third-order valence-electron chi connectivity index (χ3n) is 4.79. The second kappa shape index (κ2) is 8.00. The minimum Gasteiger partial charge on any atom is -0.495 e. The molecule has 0 spiro atoms. The third kappa shape index (κ3) is 4.24. The maximum absolute atomic E-state index is 12.7. The van der Waals surface area contributed by atoms with Gasteiger partial charge in [0.1, 0.15) is 5.75 Å². The van der Waals surface area contributed by atoms with Crippen molar-refractivity contribution in [1.82, 2.24) is 14.7 Å². The van der Waals surface area contributed by atoms with Gasteiger partial charge in [0.05, 0.1) is 24.2 Å². The van der Waals surface area contributed by atoms with Gasteiger partial charge in [-0.3, -0.25) is 14.3 Å². The van der Waals surface area contributed by atoms with Gasteiger partial charge in [-0.1, -0.05) is 11.6 Å². The fraction of sp³-hybridized carbons (Fsp3) is 0.421. The first-order valence-corrected chi connectivity index (χ1v) is 9.13. The van der Waals surface area contributed by atoms with Crippen LogP contribution in [0, 0.1) is 5.92 Å². The van der Waals surface area contributed by atoms with Crippen LogP contribution in [0.4, 0.5) is 5.69 Å². The Hall–Kier alpha value is -2.54. The molecule has 27 heavy (non-hydrogen) atoms. The number of amides is 2. The Morgan fingerprint density at radius 3 is 2.85 bits per heavy atom. The molecule has 2 aromatic rings. The van der Waals surface area contributed by atoms with Crippen molar-refractivity contribution in [2.45, 2.75) is 12.8 Å². The van der Waals surface area contributed by atoms with Crippen LogP contribution in [0.5, 0.6) is 5.75 Å². The number of nitrogens with zero attached hydrogens (tertiary/aromatic N) is 4. The number of aromatic nitrogens is 2. The third-order valence-corrected chi connectivity index (χ3v) is 5.09. The predicted molar refractivity (Wildman–Crippen MR) is 103 cm³/mol. The molecule has 1 unspecified atom stereocenters. The molecule has 2 heterocycles. The molecule has 0 bridgehead atoms. The van der Waals surface area contributed by atoms with Crippen LogP contribution in [-0.4, -0.2) is 53.7 Å². The van der Waals surface area contributed by atoms with Crippen molar-refractivity contribution in [3.05, 3.63) is 41.2 Å². The molecular formula is C19H23ClN4O3. The van der Waals surface area contributed by atoms with Crippen molar-refractivity contribution in [2.75, 3.05) is 32.1 Å². The van der Waals surface area contributed by atoms with E-state index >= 15 is 0 Å². The Bertz CT molecular complexity index is 851. The lowest BCUT2D eigenvalue weighted by Crippen LogP contribution is -2.35. The van der Waals surface area contributed by atoms with Crippen LogP contribution >= 0.6 is 11.6 Å². The maximum Gasteiger partial charge on any atom is 0.227 e. The molecule has 1 aliphatic rings. The van der Waals surface area contributed by atoms with Gasteiger partial charge in [-0.25, -0.2) is 0 Å². The molecule has 1 aliphatic heterocycles. The minimum absolute atomic E-state index is 0.0191. The van der Waals surface area contributed by atoms with Gasteiger partial charge in [-0.05, 0) is 30.2 Å². The zero-order valence-electron chi connectivity index (χ0n) is 15.7. The van der Waals surface area contributed by atoms with E-state index in [0.717, 1.165) is 12.0 Å². The van der Waals surface area contributed by atoms with Gasteiger partial charge in [0, 0.05) is 45.5 Å². The summed E-state index contributed by atoms with van der Waals surface area (Å²) in [5, 5.41) is 4.57. The van der Waals surface area contributed by atoms with Crippen molar-refractivity contribution in [3.8, 4) is 5.75 Å². The first-order chi connectivity index (χ1) is 12.9. The standard InChI is InChI=1S/C19H23ClN4O3/c1-22(7-6-13-10-21-23(2)11-13)19(26)14-8-18(25)24(12-14)15-4-5-17(27-3)16(20)9-15/h4-5,9-11,14H,6-8,12H2,1-3H3. The highest BCUT2D eigenvalue weighted by molar-refractivity contribution is 6.32. The Labute approximate surface area is 163 Å². The van der Waals surface area contributed by atoms with Crippen molar-refractivity contribution in [1.29, 1.82) is 0 Å². The number of halogens is 1. The van der Waals surface area contributed by atoms with Crippen LogP contribution in [-0.2, 0) is 23.1 Å². The molecule has 1 aromatic carbocycles. The van der Waals surface area contributed by atoms with Gasteiger partial charge < -0.3 is 14.5 Å². The second-order valence-corrected chi connectivity index (χ2v) is 7.16. The van der Waals surface area contributed by atoms with Gasteiger partial charge in [0.15, 0.2) is 0 Å². The minimum atomic E-state index is -0.350. The molecule has 1 saturated heterocycles. The lowest BCUT2D eigenvalue weighted by molar-refractivity contribution is -0.134. The molecule has 0 N–H and O–H groups in total. The van der Waals surface area contributed by atoms with E-state index in [1.54, 1.807) is 45.9 Å². The highest BCUT2D eigenvalue weighted by Crippen LogP contribution is 2.32. The quantitative estimate of drug-likeness (QED) is 0.757. The fourth-order valence-corrected chi connectivity index (χ4v) is 3.52. The van der Waals surface area contributed by atoms with Gasteiger partial charge >= 0.3 is 0 Å². The van der Waals surface area contributed by atoms with E-state index in [0.29, 0.717) is 29.5 Å². The Kier molecular flexibility index (Phi) is 5.70. The predicted octanol–water partition coefficient (Wildman–Crippen LogP) is 2.14. The SMILES string of the molecule is COc1ccc(N2CC(C(=O)N(C)CCc3cnn(C)c3)CC2=O)cc1Cl. The van der Waals surface area contributed by atoms with Crippen LogP contribution in [0.25, 0.3) is 0 Å². The molecule has 8 heteroatoms. The molecule has 2 amide bonds. The van der Waals surface area contributed by atoms with Gasteiger partial charge in [-0.2, -0.15) is 5.10 Å². The molecule has 3 rings (SSSR count). The number of anilines is 1. The Morgan fingerprint density at radius 2 is 2.22 bits per heavy atom. The monoisotopic (exact) mass is 390 g/mol. The fourth-order valence-electron chi connectivity index (χ4n) is 3.27. The smallest absolute Gasteiger partial charge is 0.227 e. The maximum atomic E-state index is 12.7. The average Bonchev–Trinajstić information content (AvgIpc) is 3.24. The lowest BCUT2D eigenvalue weighted by Gasteiger charge is -2.21. The lowest BCUT2D eigenvalue weighted by atomic mass is 10.1. The second-order valence-electron chi connectivity index (χ2n) is 6.76. The number of hydrogen-bond donors (Lipinski definition) is 0. The number of carbonyl (C=O) groups excluding carboxylic acids is 2. The molecule has 7 nitrogen and oxygen atoms in total. The first-order valence-electron chi connectivity index (χ1n) is 8.75. The van der Waals surface area contributed by atoms with Gasteiger partial charge in [-0.15, -0.1) is 0 Å². The van der Waals surface area contributed by atoms with E-state index < -0.39 is 0 Å². The summed E-state index contributed by atoms with van der Waals surface area (Å²) >= 11 is 6.16. The molecule has 144 valence electrons. The van der Waals surface area contributed by atoms with Crippen LogP contribution in [0.2, 0.25) is 5.02 Å². The summed E-state index contributed by atoms with van der Waals surface area (Å²) < 4.78 is 6.88. The normalized spacial score (nSPS) is 16.7. The van der Waals surface area contributed by atoms with Crippen LogP contribution in [0.15, 0.2) is 30.6 Å². The Balaban J connectivity index is 1.62. The van der Waals surface area contributed by atoms with Gasteiger partial charge in [0.25, 0.3) is 0 Å². The Morgan fingerprint density at radius 1 is 1.44 bits per heavy atom. The summed E-state index contributed by atoms with van der Waals surface area (Å²) in [6.07, 6.45) is 4.67. The molecule has 1 atom stereocenters. The molecule has 1 aromatic heterocycles. The molecule has 0 radical (unpaired) electrons. The van der Waals surface area contributed by atoms with E-state index in [1.807, 2.05) is 13.2 Å². The van der Waals surface area contributed by atoms with E-state index in [1.165, 1.54) is 7.11 Å². The van der Waals surface area contributed by atoms with Crippen LogP contribution in [0.1, 0.15) is 12.0 Å². The van der Waals surface area contributed by atoms with E-state index in [-0.39, 0.29) is 24.2 Å². The zero-order chi connectivity index (χ0) is 19.6. The van der Waals surface area contributed by atoms with Crippen LogP contribution < -0.4 is 9.64 Å². The molecule has 0 aliphatic carbocycles. The average molecular weight is 391 g/mol. The summed E-state index contributed by atoms with van der Waals surface area (Å²) in [7, 11) is 5.18. The topological polar surface area (TPSA) is 67.7 Å². The van der Waals surface area contributed by atoms with Crippen molar-refractivity contribution in [3.63, 3.8) is 0 Å². The zero-order valence-corrected chi connectivity index (χ0v) is 16.4. The number of methoxy groups -OCH3 is 1. The number of aryl methyl sites for hydroxylation is 1. The largest absolute Gasteiger partial charge is 0.495 e. The summed E-state index contributed by atoms with van der Waals surface area (Å²) in [6.45, 7) is 0.946. The first kappa shape index (κ1) is 19.2. The number of hydrogen-bond acceptors (Lipinski definition) is 4. The highest BCUT2D eigenvalue weighted by atomic mass is 35.5. The molecule has 1 fully saturated rings. The van der Waals surface area contributed by atoms with Crippen LogP contribution in [0.3, 0.4) is 0 Å². The van der Waals surface area contributed by atoms with Gasteiger partial charge in [0.2, 0.25) is 11.8 Å². The van der Waals surface area contributed by atoms with E-state index in [2.05, 4.69) is 5.10 Å².